The lowest BCUT2D eigenvalue weighted by atomic mass is 10.0. The van der Waals surface area contributed by atoms with E-state index >= 15 is 0 Å². The average molecular weight is 316 g/mol. The Morgan fingerprint density at radius 2 is 2.09 bits per heavy atom. The number of allylic oxidation sites excluding steroid dienone is 2. The molecule has 1 saturated heterocycles. The number of anilines is 1. The van der Waals surface area contributed by atoms with Gasteiger partial charge in [0.2, 0.25) is 17.7 Å². The summed E-state index contributed by atoms with van der Waals surface area (Å²) >= 11 is 0. The quantitative estimate of drug-likeness (QED) is 0.793. The monoisotopic (exact) mass is 316 g/mol. The minimum absolute atomic E-state index is 0.268. The van der Waals surface area contributed by atoms with Crippen LogP contribution in [0.3, 0.4) is 0 Å². The van der Waals surface area contributed by atoms with Crippen LogP contribution in [0.1, 0.15) is 25.0 Å². The van der Waals surface area contributed by atoms with E-state index in [0.29, 0.717) is 24.2 Å². The van der Waals surface area contributed by atoms with Crippen molar-refractivity contribution in [3.05, 3.63) is 23.9 Å². The third-order valence-corrected chi connectivity index (χ3v) is 4.49. The molecule has 0 radical (unpaired) electrons. The molecule has 0 unspecified atom stereocenters. The van der Waals surface area contributed by atoms with E-state index in [1.54, 1.807) is 7.11 Å². The Labute approximate surface area is 137 Å². The van der Waals surface area contributed by atoms with Crippen molar-refractivity contribution in [1.82, 2.24) is 14.9 Å². The van der Waals surface area contributed by atoms with Gasteiger partial charge in [0.1, 0.15) is 0 Å². The minimum atomic E-state index is 0.268. The van der Waals surface area contributed by atoms with Gasteiger partial charge in [-0.25, -0.2) is 4.98 Å². The first-order valence-corrected chi connectivity index (χ1v) is 8.25. The Balaban J connectivity index is 1.56. The van der Waals surface area contributed by atoms with Crippen LogP contribution in [-0.2, 0) is 4.79 Å². The SMILES string of the molecule is COc1cc(C)nc(N2CCN(C(=O)C[C@H]3C=CCC3)CC2)n1. The molecule has 23 heavy (non-hydrogen) atoms. The summed E-state index contributed by atoms with van der Waals surface area (Å²) in [5.41, 5.74) is 0.887. The summed E-state index contributed by atoms with van der Waals surface area (Å²) in [6, 6.07) is 1.82. The zero-order chi connectivity index (χ0) is 16.2. The summed E-state index contributed by atoms with van der Waals surface area (Å²) in [6.45, 7) is 4.92. The fourth-order valence-electron chi connectivity index (χ4n) is 3.15. The van der Waals surface area contributed by atoms with Gasteiger partial charge in [-0.1, -0.05) is 12.2 Å². The van der Waals surface area contributed by atoms with Gasteiger partial charge in [-0.15, -0.1) is 0 Å². The van der Waals surface area contributed by atoms with E-state index in [1.165, 1.54) is 0 Å². The van der Waals surface area contributed by atoms with E-state index in [0.717, 1.165) is 44.7 Å². The maximum Gasteiger partial charge on any atom is 0.228 e. The van der Waals surface area contributed by atoms with Gasteiger partial charge < -0.3 is 14.5 Å². The highest BCUT2D eigenvalue weighted by Gasteiger charge is 2.25. The first-order chi connectivity index (χ1) is 11.2. The number of carbonyl (C=O) groups is 1. The number of amides is 1. The van der Waals surface area contributed by atoms with E-state index in [4.69, 9.17) is 4.74 Å². The van der Waals surface area contributed by atoms with Crippen LogP contribution in [0, 0.1) is 12.8 Å². The number of nitrogens with zero attached hydrogens (tertiary/aromatic N) is 4. The van der Waals surface area contributed by atoms with Crippen LogP contribution in [0.25, 0.3) is 0 Å². The fraction of sp³-hybridized carbons (Fsp3) is 0.588. The summed E-state index contributed by atoms with van der Waals surface area (Å²) in [7, 11) is 1.61. The number of methoxy groups -OCH3 is 1. The zero-order valence-corrected chi connectivity index (χ0v) is 13.9. The lowest BCUT2D eigenvalue weighted by Gasteiger charge is -2.35. The van der Waals surface area contributed by atoms with Crippen LogP contribution in [0.5, 0.6) is 5.88 Å². The van der Waals surface area contributed by atoms with Crippen molar-refractivity contribution in [2.75, 3.05) is 38.2 Å². The average Bonchev–Trinajstić information content (AvgIpc) is 3.07. The summed E-state index contributed by atoms with van der Waals surface area (Å²) in [5.74, 6) is 1.97. The Hall–Kier alpha value is -2.11. The van der Waals surface area contributed by atoms with E-state index in [-0.39, 0.29) is 5.91 Å². The molecule has 124 valence electrons. The zero-order valence-electron chi connectivity index (χ0n) is 13.9. The minimum Gasteiger partial charge on any atom is -0.481 e. The number of ether oxygens (including phenoxy) is 1. The lowest BCUT2D eigenvalue weighted by Crippen LogP contribution is -2.49. The molecule has 0 bridgehead atoms. The molecule has 1 aromatic heterocycles. The van der Waals surface area contributed by atoms with Gasteiger partial charge in [0.05, 0.1) is 7.11 Å². The number of aryl methyl sites for hydroxylation is 1. The van der Waals surface area contributed by atoms with Gasteiger partial charge in [-0.3, -0.25) is 4.79 Å². The molecule has 1 aliphatic carbocycles. The Kier molecular flexibility index (Phi) is 4.79. The molecule has 2 heterocycles. The number of rotatable bonds is 4. The molecule has 1 aromatic rings. The third-order valence-electron chi connectivity index (χ3n) is 4.49. The first kappa shape index (κ1) is 15.8. The molecular formula is C17H24N4O2. The highest BCUT2D eigenvalue weighted by Crippen LogP contribution is 2.22. The summed E-state index contributed by atoms with van der Waals surface area (Å²) in [4.78, 5) is 25.4. The lowest BCUT2D eigenvalue weighted by molar-refractivity contribution is -0.132. The van der Waals surface area contributed by atoms with Gasteiger partial charge in [0.15, 0.2) is 0 Å². The highest BCUT2D eigenvalue weighted by molar-refractivity contribution is 5.77. The molecule has 3 rings (SSSR count). The molecule has 0 saturated carbocycles. The fourth-order valence-corrected chi connectivity index (χ4v) is 3.15. The molecule has 2 aliphatic rings. The maximum absolute atomic E-state index is 12.4. The Bertz CT molecular complexity index is 594. The number of carbonyl (C=O) groups excluding carboxylic acids is 1. The van der Waals surface area contributed by atoms with Gasteiger partial charge in [-0.05, 0) is 25.7 Å². The largest absolute Gasteiger partial charge is 0.481 e. The molecule has 1 fully saturated rings. The van der Waals surface area contributed by atoms with Crippen LogP contribution >= 0.6 is 0 Å². The van der Waals surface area contributed by atoms with Gasteiger partial charge in [0.25, 0.3) is 0 Å². The van der Waals surface area contributed by atoms with Gasteiger partial charge >= 0.3 is 0 Å². The van der Waals surface area contributed by atoms with E-state index in [2.05, 4.69) is 27.0 Å². The molecule has 0 N–H and O–H groups in total. The second kappa shape index (κ2) is 6.98. The molecular weight excluding hydrogens is 292 g/mol. The standard InChI is InChI=1S/C17H24N4O2/c1-13-11-15(23-2)19-17(18-13)21-9-7-20(8-10-21)16(22)12-14-5-3-4-6-14/h3,5,11,14H,4,6-10,12H2,1-2H3/t14-/m0/s1. The molecule has 0 aromatic carbocycles. The molecule has 1 atom stereocenters. The smallest absolute Gasteiger partial charge is 0.228 e. The molecule has 1 amide bonds. The Morgan fingerprint density at radius 1 is 1.30 bits per heavy atom. The molecule has 6 heteroatoms. The molecule has 6 nitrogen and oxygen atoms in total. The van der Waals surface area contributed by atoms with Crippen molar-refractivity contribution in [3.63, 3.8) is 0 Å². The molecule has 1 aliphatic heterocycles. The van der Waals surface area contributed by atoms with E-state index in [9.17, 15) is 4.79 Å². The highest BCUT2D eigenvalue weighted by atomic mass is 16.5. The first-order valence-electron chi connectivity index (χ1n) is 8.25. The predicted octanol–water partition coefficient (Wildman–Crippen LogP) is 1.80. The van der Waals surface area contributed by atoms with Crippen LogP contribution in [0.4, 0.5) is 5.95 Å². The van der Waals surface area contributed by atoms with Crippen LogP contribution in [0.2, 0.25) is 0 Å². The summed E-state index contributed by atoms with van der Waals surface area (Å²) < 4.78 is 5.21. The number of aromatic nitrogens is 2. The number of hydrogen-bond acceptors (Lipinski definition) is 5. The normalized spacial score (nSPS) is 20.9. The van der Waals surface area contributed by atoms with Crippen molar-refractivity contribution in [3.8, 4) is 5.88 Å². The van der Waals surface area contributed by atoms with Crippen molar-refractivity contribution in [2.24, 2.45) is 5.92 Å². The summed E-state index contributed by atoms with van der Waals surface area (Å²) in [6.07, 6.45) is 7.23. The molecule has 0 spiro atoms. The second-order valence-corrected chi connectivity index (χ2v) is 6.19. The predicted molar refractivity (Wildman–Crippen MR) is 88.6 cm³/mol. The van der Waals surface area contributed by atoms with Crippen molar-refractivity contribution < 1.29 is 9.53 Å². The van der Waals surface area contributed by atoms with Gasteiger partial charge in [0, 0.05) is 44.4 Å². The van der Waals surface area contributed by atoms with Gasteiger partial charge in [-0.2, -0.15) is 4.98 Å². The van der Waals surface area contributed by atoms with Crippen LogP contribution in [-0.4, -0.2) is 54.1 Å². The second-order valence-electron chi connectivity index (χ2n) is 6.19. The van der Waals surface area contributed by atoms with Crippen molar-refractivity contribution in [1.29, 1.82) is 0 Å². The van der Waals surface area contributed by atoms with Crippen molar-refractivity contribution >= 4 is 11.9 Å². The topological polar surface area (TPSA) is 58.6 Å². The summed E-state index contributed by atoms with van der Waals surface area (Å²) in [5, 5.41) is 0. The van der Waals surface area contributed by atoms with E-state index < -0.39 is 0 Å². The number of hydrogen-bond donors (Lipinski definition) is 0. The van der Waals surface area contributed by atoms with Crippen molar-refractivity contribution in [2.45, 2.75) is 26.2 Å². The maximum atomic E-state index is 12.4. The van der Waals surface area contributed by atoms with E-state index in [1.807, 2.05) is 17.9 Å². The Morgan fingerprint density at radius 3 is 2.74 bits per heavy atom. The van der Waals surface area contributed by atoms with Crippen LogP contribution < -0.4 is 9.64 Å². The van der Waals surface area contributed by atoms with Crippen LogP contribution in [0.15, 0.2) is 18.2 Å². The number of piperazine rings is 1. The third kappa shape index (κ3) is 3.81.